The zero-order valence-electron chi connectivity index (χ0n) is 17.0. The summed E-state index contributed by atoms with van der Waals surface area (Å²) in [7, 11) is 0. The fourth-order valence-corrected chi connectivity index (χ4v) is 3.60. The van der Waals surface area contributed by atoms with Crippen molar-refractivity contribution >= 4 is 34.0 Å². The summed E-state index contributed by atoms with van der Waals surface area (Å²) in [6.07, 6.45) is 0.720. The molecular formula is C24H20F2N4O. The third-order valence-electron chi connectivity index (χ3n) is 5.06. The lowest BCUT2D eigenvalue weighted by Gasteiger charge is -2.25. The number of carbonyl (C=O) groups excluding carboxylic acids is 1. The highest BCUT2D eigenvalue weighted by Crippen LogP contribution is 2.37. The van der Waals surface area contributed by atoms with Crippen molar-refractivity contribution in [1.82, 2.24) is 9.97 Å². The Hall–Kier alpha value is -3.87. The number of aromatic nitrogens is 2. The van der Waals surface area contributed by atoms with Crippen LogP contribution in [0.2, 0.25) is 0 Å². The fourth-order valence-electron chi connectivity index (χ4n) is 3.60. The number of nitrogen functional groups attached to an aromatic ring is 1. The lowest BCUT2D eigenvalue weighted by Crippen LogP contribution is -2.24. The Kier molecular flexibility index (Phi) is 5.33. The van der Waals surface area contributed by atoms with Crippen molar-refractivity contribution < 1.29 is 13.6 Å². The minimum absolute atomic E-state index is 0.145. The largest absolute Gasteiger partial charge is 0.384 e. The monoisotopic (exact) mass is 418 g/mol. The number of hydrogen-bond donors (Lipinski definition) is 1. The molecule has 2 aromatic heterocycles. The van der Waals surface area contributed by atoms with Gasteiger partial charge in [0.15, 0.2) is 0 Å². The molecule has 0 saturated heterocycles. The lowest BCUT2D eigenvalue weighted by molar-refractivity contribution is -0.115. The third kappa shape index (κ3) is 3.94. The summed E-state index contributed by atoms with van der Waals surface area (Å²) in [6, 6.07) is 15.1. The Balaban J connectivity index is 1.94. The highest BCUT2D eigenvalue weighted by molar-refractivity contribution is 6.08. The van der Waals surface area contributed by atoms with Gasteiger partial charge in [-0.2, -0.15) is 0 Å². The van der Waals surface area contributed by atoms with E-state index in [1.807, 2.05) is 31.2 Å². The van der Waals surface area contributed by atoms with Crippen LogP contribution >= 0.6 is 0 Å². The minimum Gasteiger partial charge on any atom is -0.384 e. The Morgan fingerprint density at radius 3 is 2.45 bits per heavy atom. The molecule has 4 aromatic rings. The van der Waals surface area contributed by atoms with Gasteiger partial charge in [-0.1, -0.05) is 18.2 Å². The van der Waals surface area contributed by atoms with Crippen LogP contribution in [0.15, 0.2) is 67.0 Å². The van der Waals surface area contributed by atoms with E-state index in [0.29, 0.717) is 22.7 Å². The van der Waals surface area contributed by atoms with Crippen molar-refractivity contribution in [3.63, 3.8) is 0 Å². The number of nitrogens with zero attached hydrogens (tertiary/aromatic N) is 3. The van der Waals surface area contributed by atoms with Gasteiger partial charge in [0.05, 0.1) is 11.2 Å². The van der Waals surface area contributed by atoms with Gasteiger partial charge in [0.1, 0.15) is 5.82 Å². The summed E-state index contributed by atoms with van der Waals surface area (Å²) >= 11 is 0. The van der Waals surface area contributed by atoms with Crippen molar-refractivity contribution in [1.29, 1.82) is 0 Å². The summed E-state index contributed by atoms with van der Waals surface area (Å²) < 4.78 is 26.6. The maximum Gasteiger partial charge on any atom is 0.263 e. The molecule has 0 aliphatic rings. The number of anilines is 3. The molecule has 5 nitrogen and oxygen atoms in total. The fraction of sp³-hybridized carbons (Fsp3) is 0.125. The van der Waals surface area contributed by atoms with Crippen LogP contribution in [-0.2, 0) is 4.79 Å². The highest BCUT2D eigenvalue weighted by atomic mass is 19.3. The van der Waals surface area contributed by atoms with Gasteiger partial charge in [-0.05, 0) is 54.4 Å². The number of carbonyl (C=O) groups is 1. The zero-order valence-corrected chi connectivity index (χ0v) is 17.0. The second-order valence-electron chi connectivity index (χ2n) is 7.24. The zero-order chi connectivity index (χ0) is 22.1. The second-order valence-corrected chi connectivity index (χ2v) is 7.24. The van der Waals surface area contributed by atoms with Crippen molar-refractivity contribution in [3.8, 4) is 11.1 Å². The van der Waals surface area contributed by atoms with Gasteiger partial charge in [-0.15, -0.1) is 0 Å². The van der Waals surface area contributed by atoms with Crippen LogP contribution in [0.5, 0.6) is 0 Å². The van der Waals surface area contributed by atoms with Gasteiger partial charge in [0, 0.05) is 41.5 Å². The average molecular weight is 418 g/mol. The van der Waals surface area contributed by atoms with E-state index in [-0.39, 0.29) is 11.5 Å². The molecule has 156 valence electrons. The summed E-state index contributed by atoms with van der Waals surface area (Å²) in [5.41, 5.74) is 9.69. The Labute approximate surface area is 178 Å². The Morgan fingerprint density at radius 1 is 1.00 bits per heavy atom. The molecule has 2 aromatic carbocycles. The highest BCUT2D eigenvalue weighted by Gasteiger charge is 2.21. The van der Waals surface area contributed by atoms with Crippen molar-refractivity contribution in [2.45, 2.75) is 20.3 Å². The molecule has 0 aliphatic carbocycles. The molecule has 0 unspecified atom stereocenters. The van der Waals surface area contributed by atoms with E-state index in [0.717, 1.165) is 22.1 Å². The van der Waals surface area contributed by atoms with Gasteiger partial charge >= 0.3 is 0 Å². The van der Waals surface area contributed by atoms with Crippen molar-refractivity contribution in [2.75, 3.05) is 10.6 Å². The van der Waals surface area contributed by atoms with Gasteiger partial charge in [0.2, 0.25) is 5.91 Å². The first-order valence-corrected chi connectivity index (χ1v) is 9.65. The molecule has 0 atom stereocenters. The molecule has 7 heteroatoms. The maximum atomic E-state index is 13.3. The van der Waals surface area contributed by atoms with Crippen LogP contribution in [-0.4, -0.2) is 15.9 Å². The van der Waals surface area contributed by atoms with Crippen LogP contribution in [0.25, 0.3) is 22.0 Å². The van der Waals surface area contributed by atoms with E-state index < -0.39 is 6.43 Å². The van der Waals surface area contributed by atoms with Crippen molar-refractivity contribution in [2.24, 2.45) is 0 Å². The lowest BCUT2D eigenvalue weighted by atomic mass is 10.0. The molecule has 0 fully saturated rings. The number of benzene rings is 2. The first-order chi connectivity index (χ1) is 14.8. The number of halogens is 2. The van der Waals surface area contributed by atoms with Crippen molar-refractivity contribution in [3.05, 3.63) is 78.1 Å². The number of aryl methyl sites for hydroxylation is 1. The summed E-state index contributed by atoms with van der Waals surface area (Å²) in [5, 5.41) is 0.729. The number of pyridine rings is 2. The molecule has 0 spiro atoms. The van der Waals surface area contributed by atoms with Crippen LogP contribution in [0.1, 0.15) is 24.5 Å². The average Bonchev–Trinajstić information content (AvgIpc) is 2.76. The van der Waals surface area contributed by atoms with Crippen LogP contribution in [0, 0.1) is 6.92 Å². The van der Waals surface area contributed by atoms with Gasteiger partial charge in [-0.25, -0.2) is 13.8 Å². The van der Waals surface area contributed by atoms with Gasteiger partial charge < -0.3 is 5.73 Å². The van der Waals surface area contributed by atoms with E-state index in [9.17, 15) is 13.6 Å². The summed E-state index contributed by atoms with van der Waals surface area (Å²) in [4.78, 5) is 22.8. The molecule has 0 radical (unpaired) electrons. The summed E-state index contributed by atoms with van der Waals surface area (Å²) in [6.45, 7) is 3.25. The molecule has 2 heterocycles. The number of nitrogens with two attached hydrogens (primary N) is 1. The predicted octanol–water partition coefficient (Wildman–Crippen LogP) is 5.81. The molecule has 1 amide bonds. The molecule has 2 N–H and O–H groups in total. The van der Waals surface area contributed by atoms with E-state index >= 15 is 0 Å². The predicted molar refractivity (Wildman–Crippen MR) is 118 cm³/mol. The SMILES string of the molecule is CC(=O)N(c1cccc(C(F)F)c1)c1c(C)cnc2ccc(-c3ccc(N)nc3)cc12. The topological polar surface area (TPSA) is 72.1 Å². The standard InChI is InChI=1S/C24H20F2N4O/c1-14-12-28-21-8-6-16(18-7-9-22(27)29-13-18)11-20(21)23(14)30(15(2)31)19-5-3-4-17(10-19)24(25)26/h3-13,24H,1-2H3,(H2,27,29). The van der Waals surface area contributed by atoms with E-state index in [1.165, 1.54) is 30.0 Å². The molecule has 0 aliphatic heterocycles. The molecular weight excluding hydrogens is 398 g/mol. The van der Waals surface area contributed by atoms with Crippen LogP contribution < -0.4 is 10.6 Å². The summed E-state index contributed by atoms with van der Waals surface area (Å²) in [5.74, 6) is 0.131. The van der Waals surface area contributed by atoms with Crippen LogP contribution in [0.4, 0.5) is 26.0 Å². The number of rotatable bonds is 4. The van der Waals surface area contributed by atoms with Crippen LogP contribution in [0.3, 0.4) is 0 Å². The minimum atomic E-state index is -2.63. The number of fused-ring (bicyclic) bond motifs is 1. The van der Waals surface area contributed by atoms with Gasteiger partial charge in [0.25, 0.3) is 6.43 Å². The second kappa shape index (κ2) is 8.10. The van der Waals surface area contributed by atoms with Gasteiger partial charge in [-0.3, -0.25) is 14.7 Å². The first-order valence-electron chi connectivity index (χ1n) is 9.65. The molecule has 0 bridgehead atoms. The number of amides is 1. The number of hydrogen-bond acceptors (Lipinski definition) is 4. The third-order valence-corrected chi connectivity index (χ3v) is 5.06. The number of alkyl halides is 2. The quantitative estimate of drug-likeness (QED) is 0.454. The smallest absolute Gasteiger partial charge is 0.263 e. The van der Waals surface area contributed by atoms with E-state index in [2.05, 4.69) is 9.97 Å². The normalized spacial score (nSPS) is 11.1. The Bertz CT molecular complexity index is 1270. The molecule has 31 heavy (non-hydrogen) atoms. The maximum absolute atomic E-state index is 13.3. The molecule has 4 rings (SSSR count). The molecule has 0 saturated carbocycles. The first kappa shape index (κ1) is 20.4. The van der Waals surface area contributed by atoms with E-state index in [1.54, 1.807) is 24.5 Å². The Morgan fingerprint density at radius 2 is 1.77 bits per heavy atom. The van der Waals surface area contributed by atoms with E-state index in [4.69, 9.17) is 5.73 Å².